The molecule has 2 aliphatic rings. The van der Waals surface area contributed by atoms with Crippen molar-refractivity contribution >= 4 is 24.0 Å². The maximum absolute atomic E-state index is 13.7. The van der Waals surface area contributed by atoms with Gasteiger partial charge in [0.05, 0.1) is 42.5 Å². The molecule has 4 heterocycles. The Morgan fingerprint density at radius 2 is 1.29 bits per heavy atom. The lowest BCUT2D eigenvalue weighted by molar-refractivity contribution is -0.143. The van der Waals surface area contributed by atoms with E-state index >= 15 is 0 Å². The van der Waals surface area contributed by atoms with Gasteiger partial charge in [-0.1, -0.05) is 82.3 Å². The van der Waals surface area contributed by atoms with Crippen molar-refractivity contribution < 1.29 is 28.7 Å². The number of ether oxygens (including phenoxy) is 2. The number of alkyl carbamates (subject to hydrolysis) is 1. The van der Waals surface area contributed by atoms with Crippen LogP contribution in [0.4, 0.5) is 9.59 Å². The first-order chi connectivity index (χ1) is 26.9. The van der Waals surface area contributed by atoms with Gasteiger partial charge in [0.2, 0.25) is 5.91 Å². The SMILES string of the molecule is C=CCCOC(=O)N[C@H](C(=O)N1CCC[C@H]1c1ncc(-c2ccc(-c3ccc(-c4cnc([C@@H]5CCCN5C(=O)[C@@H](OC(N)=O)C(C)C)[nH]4)cc3)cc2)[nH]1)C(C)C. The molecular formula is C42H52N8O6. The highest BCUT2D eigenvalue weighted by Gasteiger charge is 2.39. The number of hydrogen-bond acceptors (Lipinski definition) is 8. The van der Waals surface area contributed by atoms with Crippen LogP contribution in [0.15, 0.2) is 73.6 Å². The summed E-state index contributed by atoms with van der Waals surface area (Å²) in [5.74, 6) is 0.649. The molecule has 14 heteroatoms. The Bertz CT molecular complexity index is 2000. The maximum Gasteiger partial charge on any atom is 0.407 e. The van der Waals surface area contributed by atoms with E-state index in [4.69, 9.17) is 15.2 Å². The fourth-order valence-electron chi connectivity index (χ4n) is 7.48. The summed E-state index contributed by atoms with van der Waals surface area (Å²) in [5.41, 5.74) is 11.0. The molecule has 0 spiro atoms. The van der Waals surface area contributed by atoms with E-state index in [0.717, 1.165) is 59.3 Å². The number of H-pyrrole nitrogens is 2. The molecule has 0 radical (unpaired) electrons. The van der Waals surface area contributed by atoms with Gasteiger partial charge in [-0.05, 0) is 66.2 Å². The molecule has 0 unspecified atom stereocenters. The van der Waals surface area contributed by atoms with Crippen LogP contribution in [-0.4, -0.2) is 85.6 Å². The molecule has 2 aromatic carbocycles. The molecule has 2 aliphatic heterocycles. The largest absolute Gasteiger partial charge is 0.449 e. The van der Waals surface area contributed by atoms with Crippen LogP contribution < -0.4 is 11.1 Å². The van der Waals surface area contributed by atoms with Crippen LogP contribution in [0.5, 0.6) is 0 Å². The van der Waals surface area contributed by atoms with Gasteiger partial charge < -0.3 is 40.3 Å². The van der Waals surface area contributed by atoms with Gasteiger partial charge in [0, 0.05) is 13.1 Å². The van der Waals surface area contributed by atoms with Gasteiger partial charge in [0.15, 0.2) is 6.10 Å². The lowest BCUT2D eigenvalue weighted by Gasteiger charge is -2.30. The number of carbonyl (C=O) groups is 4. The lowest BCUT2D eigenvalue weighted by atomic mass is 10.0. The molecule has 0 aliphatic carbocycles. The summed E-state index contributed by atoms with van der Waals surface area (Å²) in [6.07, 6.45) is 6.45. The minimum Gasteiger partial charge on any atom is -0.449 e. The number of imidazole rings is 2. The number of likely N-dealkylation sites (tertiary alicyclic amines) is 2. The Kier molecular flexibility index (Phi) is 12.6. The summed E-state index contributed by atoms with van der Waals surface area (Å²) in [5, 5.41) is 2.76. The molecule has 2 aromatic heterocycles. The number of nitrogens with two attached hydrogens (primary N) is 1. The van der Waals surface area contributed by atoms with Crippen molar-refractivity contribution in [1.29, 1.82) is 0 Å². The molecule has 6 rings (SSSR count). The second-order valence-corrected chi connectivity index (χ2v) is 15.1. The molecule has 5 N–H and O–H groups in total. The van der Waals surface area contributed by atoms with Crippen molar-refractivity contribution in [2.75, 3.05) is 19.7 Å². The van der Waals surface area contributed by atoms with Gasteiger partial charge in [0.1, 0.15) is 17.7 Å². The van der Waals surface area contributed by atoms with Crippen LogP contribution in [0.1, 0.15) is 83.5 Å². The van der Waals surface area contributed by atoms with Gasteiger partial charge in [-0.2, -0.15) is 0 Å². The van der Waals surface area contributed by atoms with Crippen molar-refractivity contribution in [3.05, 3.63) is 85.2 Å². The molecule has 4 atom stereocenters. The number of carbonyl (C=O) groups excluding carboxylic acids is 4. The van der Waals surface area contributed by atoms with Crippen molar-refractivity contribution in [1.82, 2.24) is 35.1 Å². The predicted molar refractivity (Wildman–Crippen MR) is 212 cm³/mol. The van der Waals surface area contributed by atoms with E-state index in [-0.39, 0.29) is 42.3 Å². The number of aromatic nitrogens is 4. The van der Waals surface area contributed by atoms with Gasteiger partial charge in [-0.3, -0.25) is 9.59 Å². The van der Waals surface area contributed by atoms with E-state index < -0.39 is 24.3 Å². The average Bonchev–Trinajstić information content (AvgIpc) is 4.02. The van der Waals surface area contributed by atoms with Crippen LogP contribution in [0.3, 0.4) is 0 Å². The minimum atomic E-state index is -0.964. The van der Waals surface area contributed by atoms with Crippen molar-refractivity contribution in [3.63, 3.8) is 0 Å². The van der Waals surface area contributed by atoms with E-state index in [9.17, 15) is 19.2 Å². The Morgan fingerprint density at radius 3 is 1.73 bits per heavy atom. The zero-order chi connectivity index (χ0) is 39.9. The van der Waals surface area contributed by atoms with Crippen LogP contribution in [-0.2, 0) is 19.1 Å². The Morgan fingerprint density at radius 1 is 0.804 bits per heavy atom. The van der Waals surface area contributed by atoms with E-state index in [2.05, 4.69) is 56.1 Å². The van der Waals surface area contributed by atoms with E-state index in [1.807, 2.05) is 56.9 Å². The normalized spacial score (nSPS) is 17.9. The summed E-state index contributed by atoms with van der Waals surface area (Å²) in [6, 6.07) is 15.2. The summed E-state index contributed by atoms with van der Waals surface area (Å²) < 4.78 is 10.4. The van der Waals surface area contributed by atoms with E-state index in [0.29, 0.717) is 31.2 Å². The molecule has 2 fully saturated rings. The van der Waals surface area contributed by atoms with Crippen LogP contribution >= 0.6 is 0 Å². The predicted octanol–water partition coefficient (Wildman–Crippen LogP) is 6.91. The van der Waals surface area contributed by atoms with E-state index in [1.54, 1.807) is 23.4 Å². The quantitative estimate of drug-likeness (QED) is 0.0787. The fraction of sp³-hybridized carbons (Fsp3) is 0.429. The van der Waals surface area contributed by atoms with Crippen molar-refractivity contribution in [2.24, 2.45) is 17.6 Å². The van der Waals surface area contributed by atoms with Crippen molar-refractivity contribution in [3.8, 4) is 33.6 Å². The van der Waals surface area contributed by atoms with Gasteiger partial charge in [-0.25, -0.2) is 19.6 Å². The number of primary amides is 1. The molecule has 56 heavy (non-hydrogen) atoms. The van der Waals surface area contributed by atoms with Crippen LogP contribution in [0.25, 0.3) is 33.6 Å². The minimum absolute atomic E-state index is 0.126. The smallest absolute Gasteiger partial charge is 0.407 e. The molecule has 0 saturated carbocycles. The molecule has 4 aromatic rings. The average molecular weight is 765 g/mol. The second-order valence-electron chi connectivity index (χ2n) is 15.1. The Balaban J connectivity index is 1.09. The topological polar surface area (TPSA) is 189 Å². The zero-order valence-corrected chi connectivity index (χ0v) is 32.5. The molecule has 296 valence electrons. The highest BCUT2D eigenvalue weighted by atomic mass is 16.6. The standard InChI is InChI=1S/C42H52N8O6/c1-6-7-22-55-42(54)48-35(25(2)3)39(51)49-20-8-10-33(49)37-44-23-31(46-37)29-16-12-27(13-17-29)28-14-18-30(19-15-28)32-24-45-38(47-32)34-11-9-21-50(34)40(52)36(26(4)5)56-41(43)53/h6,12-19,23-26,33-36H,1,7-11,20-22H2,2-5H3,(H2,43,53)(H,44,46)(H,45,47)(H,48,54)/t33-,34-,35-,36-/m0/s1. The van der Waals surface area contributed by atoms with Crippen LogP contribution in [0, 0.1) is 11.8 Å². The molecule has 0 bridgehead atoms. The summed E-state index contributed by atoms with van der Waals surface area (Å²) in [6.45, 7) is 12.4. The summed E-state index contributed by atoms with van der Waals surface area (Å²) in [4.78, 5) is 70.6. The highest BCUT2D eigenvalue weighted by molar-refractivity contribution is 5.86. The summed E-state index contributed by atoms with van der Waals surface area (Å²) in [7, 11) is 0. The number of nitrogens with zero attached hydrogens (tertiary/aromatic N) is 4. The highest BCUT2D eigenvalue weighted by Crippen LogP contribution is 2.35. The molecular weight excluding hydrogens is 713 g/mol. The fourth-order valence-corrected chi connectivity index (χ4v) is 7.48. The van der Waals surface area contributed by atoms with E-state index in [1.165, 1.54) is 0 Å². The first-order valence-corrected chi connectivity index (χ1v) is 19.4. The zero-order valence-electron chi connectivity index (χ0n) is 32.5. The lowest BCUT2D eigenvalue weighted by Crippen LogP contribution is -2.51. The number of aromatic amines is 2. The third kappa shape index (κ3) is 8.96. The van der Waals surface area contributed by atoms with Crippen LogP contribution in [0.2, 0.25) is 0 Å². The molecule has 14 nitrogen and oxygen atoms in total. The monoisotopic (exact) mass is 764 g/mol. The first-order valence-electron chi connectivity index (χ1n) is 19.4. The number of rotatable bonds is 14. The molecule has 4 amide bonds. The molecule has 2 saturated heterocycles. The van der Waals surface area contributed by atoms with Gasteiger partial charge in [0.25, 0.3) is 5.91 Å². The second kappa shape index (κ2) is 17.7. The van der Waals surface area contributed by atoms with Gasteiger partial charge >= 0.3 is 12.2 Å². The number of hydrogen-bond donors (Lipinski definition) is 4. The maximum atomic E-state index is 13.7. The Labute approximate surface area is 327 Å². The number of benzene rings is 2. The number of amides is 4. The third-order valence-corrected chi connectivity index (χ3v) is 10.5. The van der Waals surface area contributed by atoms with Crippen molar-refractivity contribution in [2.45, 2.75) is 84.0 Å². The first kappa shape index (κ1) is 39.8. The van der Waals surface area contributed by atoms with Gasteiger partial charge in [-0.15, -0.1) is 6.58 Å². The third-order valence-electron chi connectivity index (χ3n) is 10.5. The number of nitrogens with one attached hydrogen (secondary N) is 3. The Hall–Kier alpha value is -5.92. The summed E-state index contributed by atoms with van der Waals surface area (Å²) >= 11 is 0.